The first kappa shape index (κ1) is 15.8. The summed E-state index contributed by atoms with van der Waals surface area (Å²) in [4.78, 5) is 0. The van der Waals surface area contributed by atoms with Crippen molar-refractivity contribution in [3.05, 3.63) is 35.7 Å². The number of rotatable bonds is 7. The highest BCUT2D eigenvalue weighted by Gasteiger charge is 2.26. The van der Waals surface area contributed by atoms with Crippen LogP contribution >= 0.6 is 0 Å². The van der Waals surface area contributed by atoms with Gasteiger partial charge in [-0.2, -0.15) is 0 Å². The van der Waals surface area contributed by atoms with Gasteiger partial charge in [0.15, 0.2) is 0 Å². The highest BCUT2D eigenvalue weighted by molar-refractivity contribution is 5.31. The summed E-state index contributed by atoms with van der Waals surface area (Å²) in [7, 11) is 1.63. The molecule has 1 saturated heterocycles. The van der Waals surface area contributed by atoms with Crippen molar-refractivity contribution >= 4 is 0 Å². The lowest BCUT2D eigenvalue weighted by Gasteiger charge is -2.13. The number of hydrogen-bond acceptors (Lipinski definition) is 6. The number of aliphatic hydroxyl groups is 1. The van der Waals surface area contributed by atoms with Crippen LogP contribution in [-0.2, 0) is 17.9 Å². The molecule has 1 atom stereocenters. The van der Waals surface area contributed by atoms with E-state index in [0.29, 0.717) is 18.8 Å². The van der Waals surface area contributed by atoms with Gasteiger partial charge in [0.25, 0.3) is 0 Å². The van der Waals surface area contributed by atoms with Gasteiger partial charge in [0.05, 0.1) is 26.0 Å². The molecule has 1 aliphatic rings. The molecule has 0 radical (unpaired) electrons. The van der Waals surface area contributed by atoms with E-state index in [1.807, 2.05) is 24.3 Å². The van der Waals surface area contributed by atoms with Gasteiger partial charge in [0.2, 0.25) is 0 Å². The highest BCUT2D eigenvalue weighted by atomic mass is 16.5. The molecule has 1 aliphatic heterocycles. The SMILES string of the molecule is COc1ccc(OCCn2nnc(CO)c2C2CCCO2)cc1. The van der Waals surface area contributed by atoms with Crippen molar-refractivity contribution in [3.63, 3.8) is 0 Å². The minimum atomic E-state index is -0.130. The van der Waals surface area contributed by atoms with Gasteiger partial charge in [0.1, 0.15) is 29.9 Å². The average Bonchev–Trinajstić information content (AvgIpc) is 3.24. The molecular weight excluding hydrogens is 298 g/mol. The molecule has 3 rings (SSSR count). The van der Waals surface area contributed by atoms with Crippen LogP contribution in [0.15, 0.2) is 24.3 Å². The van der Waals surface area contributed by atoms with Crippen molar-refractivity contribution in [3.8, 4) is 11.5 Å². The van der Waals surface area contributed by atoms with E-state index in [1.54, 1.807) is 11.8 Å². The minimum absolute atomic E-state index is 0.0341. The van der Waals surface area contributed by atoms with E-state index in [1.165, 1.54) is 0 Å². The molecule has 7 heteroatoms. The zero-order valence-corrected chi connectivity index (χ0v) is 13.1. The van der Waals surface area contributed by atoms with Gasteiger partial charge in [-0.15, -0.1) is 5.10 Å². The summed E-state index contributed by atoms with van der Waals surface area (Å²) in [5.74, 6) is 1.56. The number of hydrogen-bond donors (Lipinski definition) is 1. The van der Waals surface area contributed by atoms with Gasteiger partial charge >= 0.3 is 0 Å². The van der Waals surface area contributed by atoms with Gasteiger partial charge in [-0.05, 0) is 37.1 Å². The van der Waals surface area contributed by atoms with E-state index < -0.39 is 0 Å². The largest absolute Gasteiger partial charge is 0.497 e. The van der Waals surface area contributed by atoms with E-state index >= 15 is 0 Å². The van der Waals surface area contributed by atoms with E-state index in [2.05, 4.69) is 10.3 Å². The van der Waals surface area contributed by atoms with Crippen LogP contribution in [0.2, 0.25) is 0 Å². The second kappa shape index (κ2) is 7.43. The van der Waals surface area contributed by atoms with Gasteiger partial charge in [-0.3, -0.25) is 0 Å². The lowest BCUT2D eigenvalue weighted by atomic mass is 10.1. The zero-order chi connectivity index (χ0) is 16.1. The third kappa shape index (κ3) is 3.62. The molecule has 1 unspecified atom stereocenters. The molecule has 1 aromatic carbocycles. The molecular formula is C16H21N3O4. The van der Waals surface area contributed by atoms with Gasteiger partial charge < -0.3 is 19.3 Å². The molecule has 124 valence electrons. The summed E-state index contributed by atoms with van der Waals surface area (Å²) in [6.07, 6.45) is 1.91. The van der Waals surface area contributed by atoms with Crippen molar-refractivity contribution in [1.29, 1.82) is 0 Å². The Balaban J connectivity index is 1.62. The van der Waals surface area contributed by atoms with Gasteiger partial charge in [0, 0.05) is 6.61 Å². The highest BCUT2D eigenvalue weighted by Crippen LogP contribution is 2.30. The Morgan fingerprint density at radius 3 is 2.74 bits per heavy atom. The Labute approximate surface area is 134 Å². The van der Waals surface area contributed by atoms with Crippen molar-refractivity contribution < 1.29 is 19.3 Å². The number of ether oxygens (including phenoxy) is 3. The Kier molecular flexibility index (Phi) is 5.09. The molecule has 1 N–H and O–H groups in total. The molecule has 0 saturated carbocycles. The molecule has 0 aliphatic carbocycles. The van der Waals surface area contributed by atoms with E-state index in [-0.39, 0.29) is 12.7 Å². The number of methoxy groups -OCH3 is 1. The van der Waals surface area contributed by atoms with Crippen molar-refractivity contribution in [2.45, 2.75) is 32.1 Å². The van der Waals surface area contributed by atoms with Crippen LogP contribution in [0.5, 0.6) is 11.5 Å². The maximum atomic E-state index is 9.43. The summed E-state index contributed by atoms with van der Waals surface area (Å²) in [6, 6.07) is 7.43. The lowest BCUT2D eigenvalue weighted by molar-refractivity contribution is 0.101. The fourth-order valence-corrected chi connectivity index (χ4v) is 2.70. The molecule has 23 heavy (non-hydrogen) atoms. The maximum absolute atomic E-state index is 9.43. The fraction of sp³-hybridized carbons (Fsp3) is 0.500. The molecule has 0 spiro atoms. The third-order valence-electron chi connectivity index (χ3n) is 3.86. The molecule has 2 aromatic rings. The van der Waals surface area contributed by atoms with Crippen LogP contribution in [0.1, 0.15) is 30.3 Å². The van der Waals surface area contributed by atoms with Crippen LogP contribution in [0, 0.1) is 0 Å². The Morgan fingerprint density at radius 2 is 2.09 bits per heavy atom. The van der Waals surface area contributed by atoms with Gasteiger partial charge in [-0.1, -0.05) is 5.21 Å². The summed E-state index contributed by atoms with van der Waals surface area (Å²) >= 11 is 0. The van der Waals surface area contributed by atoms with Crippen LogP contribution in [0.3, 0.4) is 0 Å². The molecule has 0 amide bonds. The summed E-state index contributed by atoms with van der Waals surface area (Å²) in [5.41, 5.74) is 1.45. The quantitative estimate of drug-likeness (QED) is 0.837. The maximum Gasteiger partial charge on any atom is 0.119 e. The predicted molar refractivity (Wildman–Crippen MR) is 82.4 cm³/mol. The Hall–Kier alpha value is -2.12. The predicted octanol–water partition coefficient (Wildman–Crippen LogP) is 1.71. The van der Waals surface area contributed by atoms with Crippen molar-refractivity contribution in [1.82, 2.24) is 15.0 Å². The number of nitrogens with zero attached hydrogens (tertiary/aromatic N) is 3. The first-order valence-electron chi connectivity index (χ1n) is 7.73. The minimum Gasteiger partial charge on any atom is -0.497 e. The van der Waals surface area contributed by atoms with Crippen LogP contribution < -0.4 is 9.47 Å². The lowest BCUT2D eigenvalue weighted by Crippen LogP contribution is -2.15. The summed E-state index contributed by atoms with van der Waals surface area (Å²) in [5, 5.41) is 17.6. The summed E-state index contributed by atoms with van der Waals surface area (Å²) in [6.45, 7) is 1.62. The van der Waals surface area contributed by atoms with Crippen LogP contribution in [0.25, 0.3) is 0 Å². The Morgan fingerprint density at radius 1 is 1.30 bits per heavy atom. The van der Waals surface area contributed by atoms with Crippen LogP contribution in [-0.4, -0.2) is 40.4 Å². The monoisotopic (exact) mass is 319 g/mol. The average molecular weight is 319 g/mol. The Bertz CT molecular complexity index is 621. The molecule has 0 bridgehead atoms. The summed E-state index contributed by atoms with van der Waals surface area (Å²) < 4.78 is 18.3. The first-order valence-corrected chi connectivity index (χ1v) is 7.73. The van der Waals surface area contributed by atoms with Gasteiger partial charge in [-0.25, -0.2) is 4.68 Å². The van der Waals surface area contributed by atoms with E-state index in [4.69, 9.17) is 14.2 Å². The van der Waals surface area contributed by atoms with E-state index in [0.717, 1.165) is 36.6 Å². The van der Waals surface area contributed by atoms with E-state index in [9.17, 15) is 5.11 Å². The molecule has 1 aromatic heterocycles. The normalized spacial score (nSPS) is 17.4. The van der Waals surface area contributed by atoms with Crippen molar-refractivity contribution in [2.75, 3.05) is 20.3 Å². The molecule has 7 nitrogen and oxygen atoms in total. The first-order chi connectivity index (χ1) is 11.3. The number of benzene rings is 1. The second-order valence-electron chi connectivity index (χ2n) is 5.33. The number of aromatic nitrogens is 3. The topological polar surface area (TPSA) is 78.6 Å². The smallest absolute Gasteiger partial charge is 0.119 e. The zero-order valence-electron chi connectivity index (χ0n) is 13.1. The van der Waals surface area contributed by atoms with Crippen LogP contribution in [0.4, 0.5) is 0 Å². The standard InChI is InChI=1S/C16H21N3O4/c1-21-12-4-6-13(7-5-12)22-10-8-19-16(14(11-20)17-18-19)15-3-2-9-23-15/h4-7,15,20H,2-3,8-11H2,1H3. The molecule has 1 fully saturated rings. The third-order valence-corrected chi connectivity index (χ3v) is 3.86. The fourth-order valence-electron chi connectivity index (χ4n) is 2.70. The number of aliphatic hydroxyl groups excluding tert-OH is 1. The van der Waals surface area contributed by atoms with Crippen molar-refractivity contribution in [2.24, 2.45) is 0 Å². The second-order valence-corrected chi connectivity index (χ2v) is 5.33. The molecule has 2 heterocycles.